The number of rotatable bonds is 6. The Hall–Kier alpha value is -2.31. The first-order chi connectivity index (χ1) is 14.0. The summed E-state index contributed by atoms with van der Waals surface area (Å²) in [7, 11) is 0. The molecule has 1 amide bonds. The molecule has 2 aromatic rings. The molecule has 0 aromatic heterocycles. The van der Waals surface area contributed by atoms with E-state index in [1.165, 1.54) is 12.1 Å². The van der Waals surface area contributed by atoms with Crippen molar-refractivity contribution in [2.75, 3.05) is 26.2 Å². The van der Waals surface area contributed by atoms with Crippen LogP contribution in [0.5, 0.6) is 5.75 Å². The van der Waals surface area contributed by atoms with Gasteiger partial charge in [-0.05, 0) is 42.0 Å². The molecule has 154 valence electrons. The van der Waals surface area contributed by atoms with Gasteiger partial charge in [-0.2, -0.15) is 0 Å². The van der Waals surface area contributed by atoms with E-state index in [1.54, 1.807) is 12.1 Å². The number of nitrogens with zero attached hydrogens (tertiary/aromatic N) is 1. The van der Waals surface area contributed by atoms with E-state index in [-0.39, 0.29) is 23.6 Å². The van der Waals surface area contributed by atoms with Gasteiger partial charge < -0.3 is 19.7 Å². The van der Waals surface area contributed by atoms with E-state index in [0.717, 1.165) is 44.5 Å². The highest BCUT2D eigenvalue weighted by Crippen LogP contribution is 2.31. The summed E-state index contributed by atoms with van der Waals surface area (Å²) in [6.45, 7) is 3.20. The minimum absolute atomic E-state index is 0.167. The molecule has 2 aliphatic heterocycles. The number of hydrogen-bond acceptors (Lipinski definition) is 4. The van der Waals surface area contributed by atoms with Crippen molar-refractivity contribution in [3.05, 3.63) is 64.9 Å². The van der Waals surface area contributed by atoms with E-state index in [2.05, 4.69) is 10.2 Å². The molecule has 29 heavy (non-hydrogen) atoms. The van der Waals surface area contributed by atoms with Crippen LogP contribution < -0.4 is 10.1 Å². The summed E-state index contributed by atoms with van der Waals surface area (Å²) in [6.07, 6.45) is 1.96. The number of carbonyl (C=O) groups excluding carboxylic acids is 1. The summed E-state index contributed by atoms with van der Waals surface area (Å²) >= 11 is 6.03. The quantitative estimate of drug-likeness (QED) is 0.747. The van der Waals surface area contributed by atoms with Crippen molar-refractivity contribution in [3.63, 3.8) is 0 Å². The molecule has 5 nitrogen and oxygen atoms in total. The topological polar surface area (TPSA) is 50.8 Å². The Labute approximate surface area is 174 Å². The highest BCUT2D eigenvalue weighted by atomic mass is 35.5. The van der Waals surface area contributed by atoms with Gasteiger partial charge in [0.15, 0.2) is 0 Å². The lowest BCUT2D eigenvalue weighted by atomic mass is 9.91. The average Bonchev–Trinajstić information content (AvgIpc) is 3.09. The van der Waals surface area contributed by atoms with Crippen molar-refractivity contribution in [1.29, 1.82) is 0 Å². The average molecular weight is 419 g/mol. The Morgan fingerprint density at radius 3 is 2.45 bits per heavy atom. The van der Waals surface area contributed by atoms with Gasteiger partial charge in [-0.25, -0.2) is 9.18 Å². The number of benzene rings is 2. The third kappa shape index (κ3) is 5.00. The highest BCUT2D eigenvalue weighted by molar-refractivity contribution is 6.30. The van der Waals surface area contributed by atoms with E-state index < -0.39 is 0 Å². The monoisotopic (exact) mass is 418 g/mol. The predicted octanol–water partition coefficient (Wildman–Crippen LogP) is 4.56. The van der Waals surface area contributed by atoms with Crippen LogP contribution in [0.15, 0.2) is 48.5 Å². The molecule has 0 saturated carbocycles. The first-order valence-electron chi connectivity index (χ1n) is 9.88. The Balaban J connectivity index is 1.38. The number of hydrogen-bond donors (Lipinski definition) is 1. The first kappa shape index (κ1) is 20.0. The Morgan fingerprint density at radius 1 is 1.14 bits per heavy atom. The van der Waals surface area contributed by atoms with Crippen LogP contribution in [0.3, 0.4) is 0 Å². The molecule has 1 spiro atoms. The number of likely N-dealkylation sites (tertiary alicyclic amines) is 1. The van der Waals surface area contributed by atoms with Crippen molar-refractivity contribution in [1.82, 2.24) is 10.2 Å². The molecule has 2 saturated heterocycles. The fraction of sp³-hybridized carbons (Fsp3) is 0.409. The fourth-order valence-corrected chi connectivity index (χ4v) is 4.04. The molecule has 0 radical (unpaired) electrons. The molecule has 2 fully saturated rings. The third-order valence-electron chi connectivity index (χ3n) is 5.67. The standard InChI is InChI=1S/C22H24ClFN2O3/c23-17-3-1-16(2-4-17)20(28-19-7-5-18(24)6-8-19)9-12-26-13-10-22(11-14-26)15-25-21(27)29-22/h1-8,20H,9-15H2,(H,25,27)/t20-/m0/s1. The Kier molecular flexibility index (Phi) is 5.92. The van der Waals surface area contributed by atoms with Crippen molar-refractivity contribution < 1.29 is 18.7 Å². The summed E-state index contributed by atoms with van der Waals surface area (Å²) in [5, 5.41) is 3.44. The number of carbonyl (C=O) groups is 1. The van der Waals surface area contributed by atoms with Crippen LogP contribution in [0.4, 0.5) is 9.18 Å². The maximum atomic E-state index is 13.2. The number of amides is 1. The largest absolute Gasteiger partial charge is 0.486 e. The van der Waals surface area contributed by atoms with Crippen molar-refractivity contribution in [2.45, 2.75) is 31.0 Å². The van der Waals surface area contributed by atoms with Gasteiger partial charge in [-0.15, -0.1) is 0 Å². The van der Waals surface area contributed by atoms with Gasteiger partial charge in [-0.1, -0.05) is 23.7 Å². The lowest BCUT2D eigenvalue weighted by Crippen LogP contribution is -2.47. The molecule has 4 rings (SSSR count). The Morgan fingerprint density at radius 2 is 1.83 bits per heavy atom. The van der Waals surface area contributed by atoms with E-state index in [0.29, 0.717) is 17.3 Å². The van der Waals surface area contributed by atoms with Crippen molar-refractivity contribution in [2.24, 2.45) is 0 Å². The zero-order valence-corrected chi connectivity index (χ0v) is 16.8. The van der Waals surface area contributed by atoms with Gasteiger partial charge in [0.1, 0.15) is 23.3 Å². The zero-order chi connectivity index (χ0) is 20.3. The Bertz CT molecular complexity index is 836. The number of halogens is 2. The van der Waals surface area contributed by atoms with Crippen LogP contribution in [0.1, 0.15) is 30.9 Å². The molecule has 0 aliphatic carbocycles. The van der Waals surface area contributed by atoms with Crippen LogP contribution in [0.2, 0.25) is 5.02 Å². The molecular weight excluding hydrogens is 395 g/mol. The van der Waals surface area contributed by atoms with Crippen LogP contribution in [0, 0.1) is 5.82 Å². The fourth-order valence-electron chi connectivity index (χ4n) is 3.91. The summed E-state index contributed by atoms with van der Waals surface area (Å²) in [5.74, 6) is 0.345. The summed E-state index contributed by atoms with van der Waals surface area (Å²) in [5.41, 5.74) is 0.689. The molecule has 0 unspecified atom stereocenters. The van der Waals surface area contributed by atoms with Crippen molar-refractivity contribution >= 4 is 17.7 Å². The molecule has 1 N–H and O–H groups in total. The molecule has 2 aliphatic rings. The van der Waals surface area contributed by atoms with Crippen LogP contribution in [0.25, 0.3) is 0 Å². The lowest BCUT2D eigenvalue weighted by Gasteiger charge is -2.37. The molecule has 2 heterocycles. The molecule has 1 atom stereocenters. The van der Waals surface area contributed by atoms with E-state index in [1.807, 2.05) is 24.3 Å². The normalized spacial score (nSPS) is 19.6. The molecule has 0 bridgehead atoms. The van der Waals surface area contributed by atoms with Gasteiger partial charge in [0, 0.05) is 43.9 Å². The van der Waals surface area contributed by atoms with E-state index >= 15 is 0 Å². The maximum Gasteiger partial charge on any atom is 0.407 e. The molecule has 2 aromatic carbocycles. The summed E-state index contributed by atoms with van der Waals surface area (Å²) in [6, 6.07) is 13.7. The zero-order valence-electron chi connectivity index (χ0n) is 16.1. The minimum Gasteiger partial charge on any atom is -0.486 e. The van der Waals surface area contributed by atoms with E-state index in [9.17, 15) is 9.18 Å². The second-order valence-corrected chi connectivity index (χ2v) is 8.10. The van der Waals surface area contributed by atoms with Crippen LogP contribution in [-0.2, 0) is 4.74 Å². The van der Waals surface area contributed by atoms with Gasteiger partial charge >= 0.3 is 6.09 Å². The SMILES string of the molecule is O=C1NCC2(CCN(CC[C@H](Oc3ccc(F)cc3)c3ccc(Cl)cc3)CC2)O1. The second kappa shape index (κ2) is 8.59. The van der Waals surface area contributed by atoms with Crippen LogP contribution in [-0.4, -0.2) is 42.8 Å². The lowest BCUT2D eigenvalue weighted by molar-refractivity contribution is -0.00140. The third-order valence-corrected chi connectivity index (χ3v) is 5.92. The van der Waals surface area contributed by atoms with Gasteiger partial charge in [0.25, 0.3) is 0 Å². The van der Waals surface area contributed by atoms with E-state index in [4.69, 9.17) is 21.1 Å². The first-order valence-corrected chi connectivity index (χ1v) is 10.3. The van der Waals surface area contributed by atoms with Crippen LogP contribution >= 0.6 is 11.6 Å². The predicted molar refractivity (Wildman–Crippen MR) is 109 cm³/mol. The van der Waals surface area contributed by atoms with Gasteiger partial charge in [0.05, 0.1) is 6.54 Å². The molecular formula is C22H24ClFN2O3. The number of ether oxygens (including phenoxy) is 2. The number of piperidine rings is 1. The van der Waals surface area contributed by atoms with Gasteiger partial charge in [0.2, 0.25) is 0 Å². The minimum atomic E-state index is -0.340. The highest BCUT2D eigenvalue weighted by Gasteiger charge is 2.42. The summed E-state index contributed by atoms with van der Waals surface area (Å²) in [4.78, 5) is 13.8. The second-order valence-electron chi connectivity index (χ2n) is 7.67. The van der Waals surface area contributed by atoms with Crippen molar-refractivity contribution in [3.8, 4) is 5.75 Å². The number of nitrogens with one attached hydrogen (secondary N) is 1. The number of alkyl carbamates (subject to hydrolysis) is 1. The van der Waals surface area contributed by atoms with Gasteiger partial charge in [-0.3, -0.25) is 0 Å². The molecule has 7 heteroatoms. The maximum absolute atomic E-state index is 13.2. The summed E-state index contributed by atoms with van der Waals surface area (Å²) < 4.78 is 24.9. The smallest absolute Gasteiger partial charge is 0.407 e.